The zero-order valence-electron chi connectivity index (χ0n) is 19.7. The van der Waals surface area contributed by atoms with Crippen molar-refractivity contribution < 1.29 is 28.2 Å². The predicted octanol–water partition coefficient (Wildman–Crippen LogP) is 5.49. The van der Waals surface area contributed by atoms with E-state index in [-0.39, 0.29) is 23.6 Å². The third-order valence-corrected chi connectivity index (χ3v) is 6.21. The number of halogens is 2. The number of ether oxygens (including phenoxy) is 3. The number of hydrogen-bond donors (Lipinski definition) is 0. The summed E-state index contributed by atoms with van der Waals surface area (Å²) in [6, 6.07) is 1.69. The van der Waals surface area contributed by atoms with E-state index < -0.39 is 28.9 Å². The molecule has 0 saturated carbocycles. The third-order valence-electron chi connectivity index (χ3n) is 5.82. The summed E-state index contributed by atoms with van der Waals surface area (Å²) in [5.74, 6) is -1.45. The van der Waals surface area contributed by atoms with Crippen LogP contribution in [0, 0.1) is 11.7 Å². The molecule has 1 saturated heterocycles. The standard InChI is InChI=1S/C24H33ClFNO5/c1-7-30-21(28)18(14-8-10-27(11-9-14)22(29)32-23(2,3)4)15-12-17-16(20(26)19(15)25)13-24(5,6)31-17/h12,14,18H,7-11,13H2,1-6H3. The fourth-order valence-electron chi connectivity index (χ4n) is 4.45. The van der Waals surface area contributed by atoms with Gasteiger partial charge in [0.25, 0.3) is 0 Å². The summed E-state index contributed by atoms with van der Waals surface area (Å²) in [6.07, 6.45) is 1.13. The lowest BCUT2D eigenvalue weighted by atomic mass is 9.79. The van der Waals surface area contributed by atoms with E-state index in [2.05, 4.69) is 0 Å². The Hall–Kier alpha value is -2.02. The largest absolute Gasteiger partial charge is 0.487 e. The third kappa shape index (κ3) is 5.30. The Morgan fingerprint density at radius 1 is 1.31 bits per heavy atom. The van der Waals surface area contributed by atoms with Crippen LogP contribution in [-0.2, 0) is 20.7 Å². The Bertz CT molecular complexity index is 887. The van der Waals surface area contributed by atoms with Gasteiger partial charge in [0.15, 0.2) is 0 Å². The molecule has 0 aromatic heterocycles. The monoisotopic (exact) mass is 469 g/mol. The molecule has 0 radical (unpaired) electrons. The Labute approximate surface area is 194 Å². The summed E-state index contributed by atoms with van der Waals surface area (Å²) in [7, 11) is 0. The zero-order chi connectivity index (χ0) is 23.8. The molecular weight excluding hydrogens is 437 g/mol. The van der Waals surface area contributed by atoms with Crippen molar-refractivity contribution in [3.05, 3.63) is 28.0 Å². The Balaban J connectivity index is 1.86. The van der Waals surface area contributed by atoms with Crippen molar-refractivity contribution in [1.82, 2.24) is 4.90 Å². The first-order chi connectivity index (χ1) is 14.8. The van der Waals surface area contributed by atoms with E-state index in [4.69, 9.17) is 25.8 Å². The summed E-state index contributed by atoms with van der Waals surface area (Å²) in [5, 5.41) is -0.0577. The van der Waals surface area contributed by atoms with Gasteiger partial charge in [0.05, 0.1) is 17.5 Å². The van der Waals surface area contributed by atoms with E-state index in [1.54, 1.807) is 17.9 Å². The summed E-state index contributed by atoms with van der Waals surface area (Å²) in [4.78, 5) is 27.0. The normalized spacial score (nSPS) is 19.2. The number of piperidine rings is 1. The molecule has 0 bridgehead atoms. The average molecular weight is 470 g/mol. The lowest BCUT2D eigenvalue weighted by Gasteiger charge is -2.36. The van der Waals surface area contributed by atoms with Crippen molar-refractivity contribution in [1.29, 1.82) is 0 Å². The van der Waals surface area contributed by atoms with Crippen molar-refractivity contribution in [2.45, 2.75) is 77.9 Å². The van der Waals surface area contributed by atoms with Crippen LogP contribution in [0.3, 0.4) is 0 Å². The van der Waals surface area contributed by atoms with Gasteiger partial charge in [0, 0.05) is 25.1 Å². The smallest absolute Gasteiger partial charge is 0.410 e. The topological polar surface area (TPSA) is 65.1 Å². The molecule has 0 N–H and O–H groups in total. The minimum Gasteiger partial charge on any atom is -0.487 e. The molecule has 1 fully saturated rings. The second-order valence-electron chi connectivity index (χ2n) is 10.1. The van der Waals surface area contributed by atoms with Gasteiger partial charge in [-0.2, -0.15) is 0 Å². The summed E-state index contributed by atoms with van der Waals surface area (Å²) in [5.41, 5.74) is -0.297. The maximum Gasteiger partial charge on any atom is 0.410 e. The fourth-order valence-corrected chi connectivity index (χ4v) is 4.73. The molecule has 1 aromatic carbocycles. The quantitative estimate of drug-likeness (QED) is 0.546. The molecule has 2 aliphatic heterocycles. The van der Waals surface area contributed by atoms with Crippen molar-refractivity contribution in [3.63, 3.8) is 0 Å². The van der Waals surface area contributed by atoms with Crippen LogP contribution >= 0.6 is 11.6 Å². The molecule has 1 aromatic rings. The zero-order valence-corrected chi connectivity index (χ0v) is 20.5. The van der Waals surface area contributed by atoms with Gasteiger partial charge in [0.1, 0.15) is 22.8 Å². The molecule has 1 unspecified atom stereocenters. The number of rotatable bonds is 4. The van der Waals surface area contributed by atoms with Crippen LogP contribution in [0.1, 0.15) is 71.4 Å². The molecule has 178 valence electrons. The van der Waals surface area contributed by atoms with Gasteiger partial charge >= 0.3 is 12.1 Å². The van der Waals surface area contributed by atoms with Gasteiger partial charge in [-0.1, -0.05) is 11.6 Å². The maximum atomic E-state index is 15.2. The molecule has 1 atom stereocenters. The van der Waals surface area contributed by atoms with Crippen LogP contribution in [-0.4, -0.2) is 47.9 Å². The molecule has 0 aliphatic carbocycles. The number of likely N-dealkylation sites (tertiary alicyclic amines) is 1. The van der Waals surface area contributed by atoms with Gasteiger partial charge in [-0.15, -0.1) is 0 Å². The summed E-state index contributed by atoms with van der Waals surface area (Å²) in [6.45, 7) is 12.0. The van der Waals surface area contributed by atoms with Crippen LogP contribution in [0.2, 0.25) is 5.02 Å². The number of carbonyl (C=O) groups excluding carboxylic acids is 2. The van der Waals surface area contributed by atoms with Crippen molar-refractivity contribution in [2.75, 3.05) is 19.7 Å². The maximum absolute atomic E-state index is 15.2. The Kier molecular flexibility index (Phi) is 6.99. The Morgan fingerprint density at radius 2 is 1.94 bits per heavy atom. The molecule has 2 aliphatic rings. The number of fused-ring (bicyclic) bond motifs is 1. The number of nitrogens with zero attached hydrogens (tertiary/aromatic N) is 1. The van der Waals surface area contributed by atoms with Crippen molar-refractivity contribution >= 4 is 23.7 Å². The number of esters is 1. The molecule has 8 heteroatoms. The van der Waals surface area contributed by atoms with Crippen LogP contribution in [0.4, 0.5) is 9.18 Å². The van der Waals surface area contributed by atoms with Gasteiger partial charge < -0.3 is 19.1 Å². The molecular formula is C24H33ClFNO5. The molecule has 6 nitrogen and oxygen atoms in total. The van der Waals surface area contributed by atoms with Crippen molar-refractivity contribution in [2.24, 2.45) is 5.92 Å². The first-order valence-corrected chi connectivity index (χ1v) is 11.5. The van der Waals surface area contributed by atoms with E-state index in [1.165, 1.54) is 0 Å². The predicted molar refractivity (Wildman–Crippen MR) is 120 cm³/mol. The second-order valence-corrected chi connectivity index (χ2v) is 10.5. The molecule has 2 heterocycles. The first kappa shape index (κ1) is 24.6. The highest BCUT2D eigenvalue weighted by Gasteiger charge is 2.40. The summed E-state index contributed by atoms with van der Waals surface area (Å²) >= 11 is 6.46. The molecule has 3 rings (SSSR count). The second kappa shape index (κ2) is 9.08. The molecule has 1 amide bonds. The van der Waals surface area contributed by atoms with Crippen LogP contribution in [0.5, 0.6) is 5.75 Å². The summed E-state index contributed by atoms with van der Waals surface area (Å²) < 4.78 is 31.9. The SMILES string of the molecule is CCOC(=O)C(c1cc2c(c(F)c1Cl)CC(C)(C)O2)C1CCN(C(=O)OC(C)(C)C)CC1. The van der Waals surface area contributed by atoms with Gasteiger partial charge in [-0.05, 0) is 71.9 Å². The van der Waals surface area contributed by atoms with Crippen molar-refractivity contribution in [3.8, 4) is 5.75 Å². The van der Waals surface area contributed by atoms with Gasteiger partial charge in [-0.3, -0.25) is 4.79 Å². The van der Waals surface area contributed by atoms with E-state index in [1.807, 2.05) is 34.6 Å². The van der Waals surface area contributed by atoms with Crippen LogP contribution < -0.4 is 4.74 Å². The fraction of sp³-hybridized carbons (Fsp3) is 0.667. The number of amides is 1. The lowest BCUT2D eigenvalue weighted by molar-refractivity contribution is -0.146. The van der Waals surface area contributed by atoms with E-state index in [9.17, 15) is 9.59 Å². The molecule has 0 spiro atoms. The Morgan fingerprint density at radius 3 is 2.50 bits per heavy atom. The van der Waals surface area contributed by atoms with Gasteiger partial charge in [0.2, 0.25) is 0 Å². The molecule has 32 heavy (non-hydrogen) atoms. The highest BCUT2D eigenvalue weighted by molar-refractivity contribution is 6.32. The van der Waals surface area contributed by atoms with E-state index in [0.29, 0.717) is 49.2 Å². The highest BCUT2D eigenvalue weighted by atomic mass is 35.5. The minimum atomic E-state index is -0.740. The van der Waals surface area contributed by atoms with Gasteiger partial charge in [-0.25, -0.2) is 9.18 Å². The highest BCUT2D eigenvalue weighted by Crippen LogP contribution is 2.45. The number of benzene rings is 1. The van der Waals surface area contributed by atoms with E-state index >= 15 is 4.39 Å². The average Bonchev–Trinajstić information content (AvgIpc) is 3.00. The first-order valence-electron chi connectivity index (χ1n) is 11.2. The van der Waals surface area contributed by atoms with E-state index in [0.717, 1.165) is 0 Å². The number of hydrogen-bond acceptors (Lipinski definition) is 5. The lowest BCUT2D eigenvalue weighted by Crippen LogP contribution is -2.43. The van der Waals surface area contributed by atoms with Crippen LogP contribution in [0.25, 0.3) is 0 Å². The number of carbonyl (C=O) groups is 2. The van der Waals surface area contributed by atoms with Crippen LogP contribution in [0.15, 0.2) is 6.07 Å². The minimum absolute atomic E-state index is 0.0577.